The van der Waals surface area contributed by atoms with Crippen LogP contribution in [-0.4, -0.2) is 53.6 Å². The van der Waals surface area contributed by atoms with Crippen LogP contribution in [0.5, 0.6) is 0 Å². The zero-order valence-electron chi connectivity index (χ0n) is 13.8. The minimum absolute atomic E-state index is 0.00863. The minimum atomic E-state index is -0.830. The summed E-state index contributed by atoms with van der Waals surface area (Å²) in [4.78, 5) is 34.3. The molecule has 2 aromatic rings. The quantitative estimate of drug-likeness (QED) is 0.774. The Hall–Kier alpha value is -2.29. The molecule has 0 atom stereocenters. The number of carbonyl (C=O) groups is 2. The molecule has 0 radical (unpaired) electrons. The van der Waals surface area contributed by atoms with Crippen molar-refractivity contribution in [3.05, 3.63) is 45.4 Å². The highest BCUT2D eigenvalue weighted by Gasteiger charge is 2.33. The number of pyridine rings is 1. The second-order valence-electron chi connectivity index (χ2n) is 5.78. The lowest BCUT2D eigenvalue weighted by Gasteiger charge is -2.14. The summed E-state index contributed by atoms with van der Waals surface area (Å²) in [6, 6.07) is 0.980. The maximum atomic E-state index is 13.7. The van der Waals surface area contributed by atoms with Gasteiger partial charge in [-0.25, -0.2) is 14.4 Å². The maximum Gasteiger partial charge on any atom is 0.246 e. The number of Topliss-reactive ketones (excluding diaryl/α,β-unsaturated/α-hetero) is 1. The predicted octanol–water partition coefficient (Wildman–Crippen LogP) is 2.60. The first-order valence-electron chi connectivity index (χ1n) is 7.50. The SMILES string of the molecule is CN(C)CCNC1=CC(=O)c2nc(-c3cc(F)c(Cl)nc3Cl)oc2C1=O. The summed E-state index contributed by atoms with van der Waals surface area (Å²) < 4.78 is 19.1. The molecule has 0 aromatic carbocycles. The van der Waals surface area contributed by atoms with E-state index in [1.165, 1.54) is 0 Å². The summed E-state index contributed by atoms with van der Waals surface area (Å²) in [5.41, 5.74) is -0.0566. The van der Waals surface area contributed by atoms with Crippen molar-refractivity contribution in [1.82, 2.24) is 20.2 Å². The monoisotopic (exact) mass is 398 g/mol. The molecule has 2 heterocycles. The van der Waals surface area contributed by atoms with Gasteiger partial charge in [0, 0.05) is 19.2 Å². The lowest BCUT2D eigenvalue weighted by molar-refractivity contribution is 0.0956. The van der Waals surface area contributed by atoms with Gasteiger partial charge >= 0.3 is 0 Å². The van der Waals surface area contributed by atoms with E-state index in [2.05, 4.69) is 15.3 Å². The second-order valence-corrected chi connectivity index (χ2v) is 6.49. The number of allylic oxidation sites excluding steroid dienone is 2. The molecule has 136 valence electrons. The number of ketones is 2. The number of carbonyl (C=O) groups excluding carboxylic acids is 2. The summed E-state index contributed by atoms with van der Waals surface area (Å²) in [5, 5.41) is 2.33. The van der Waals surface area contributed by atoms with Gasteiger partial charge in [0.1, 0.15) is 5.15 Å². The molecule has 0 unspecified atom stereocenters. The molecule has 26 heavy (non-hydrogen) atoms. The van der Waals surface area contributed by atoms with E-state index in [4.69, 9.17) is 27.6 Å². The van der Waals surface area contributed by atoms with Crippen LogP contribution < -0.4 is 5.32 Å². The smallest absolute Gasteiger partial charge is 0.246 e. The van der Waals surface area contributed by atoms with Gasteiger partial charge in [0.2, 0.25) is 23.2 Å². The first-order chi connectivity index (χ1) is 12.3. The molecule has 0 fully saturated rings. The van der Waals surface area contributed by atoms with Gasteiger partial charge in [0.05, 0.1) is 11.3 Å². The normalized spacial score (nSPS) is 13.8. The zero-order valence-corrected chi connectivity index (χ0v) is 15.3. The number of oxazole rings is 1. The number of fused-ring (bicyclic) bond motifs is 1. The van der Waals surface area contributed by atoms with Crippen LogP contribution in [0.4, 0.5) is 4.39 Å². The molecule has 0 saturated carbocycles. The molecule has 0 aliphatic heterocycles. The highest BCUT2D eigenvalue weighted by Crippen LogP contribution is 2.32. The molecule has 1 aliphatic rings. The van der Waals surface area contributed by atoms with Gasteiger partial charge < -0.3 is 14.6 Å². The summed E-state index contributed by atoms with van der Waals surface area (Å²) in [6.45, 7) is 1.13. The number of rotatable bonds is 5. The van der Waals surface area contributed by atoms with E-state index < -0.39 is 22.5 Å². The number of hydrogen-bond donors (Lipinski definition) is 1. The molecule has 7 nitrogen and oxygen atoms in total. The Kier molecular flexibility index (Phi) is 5.08. The van der Waals surface area contributed by atoms with Crippen LogP contribution in [0.15, 0.2) is 22.3 Å². The fourth-order valence-electron chi connectivity index (χ4n) is 2.28. The Morgan fingerprint density at radius 2 is 1.96 bits per heavy atom. The molecule has 0 saturated heterocycles. The minimum Gasteiger partial charge on any atom is -0.432 e. The molecule has 1 aliphatic carbocycles. The lowest BCUT2D eigenvalue weighted by atomic mass is 10.0. The van der Waals surface area contributed by atoms with Gasteiger partial charge in [-0.05, 0) is 20.2 Å². The average molecular weight is 399 g/mol. The summed E-state index contributed by atoms with van der Waals surface area (Å²) in [5.74, 6) is -2.26. The van der Waals surface area contributed by atoms with Crippen LogP contribution in [0.25, 0.3) is 11.5 Å². The van der Waals surface area contributed by atoms with Gasteiger partial charge in [-0.1, -0.05) is 23.2 Å². The fraction of sp³-hybridized carbons (Fsp3) is 0.250. The van der Waals surface area contributed by atoms with E-state index in [0.29, 0.717) is 13.1 Å². The van der Waals surface area contributed by atoms with Crippen LogP contribution in [0.2, 0.25) is 10.3 Å². The third-order valence-corrected chi connectivity index (χ3v) is 4.13. The van der Waals surface area contributed by atoms with Crippen LogP contribution >= 0.6 is 23.2 Å². The van der Waals surface area contributed by atoms with Crippen molar-refractivity contribution in [2.24, 2.45) is 0 Å². The van der Waals surface area contributed by atoms with Crippen molar-refractivity contribution < 1.29 is 18.4 Å². The molecule has 0 bridgehead atoms. The topological polar surface area (TPSA) is 88.3 Å². The van der Waals surface area contributed by atoms with Crippen molar-refractivity contribution >= 4 is 34.8 Å². The summed E-state index contributed by atoms with van der Waals surface area (Å²) in [7, 11) is 3.77. The van der Waals surface area contributed by atoms with Gasteiger partial charge in [-0.2, -0.15) is 0 Å². The Labute approximate surface area is 157 Å². The maximum absolute atomic E-state index is 13.7. The van der Waals surface area contributed by atoms with Crippen molar-refractivity contribution in [2.45, 2.75) is 0 Å². The Morgan fingerprint density at radius 3 is 2.65 bits per heavy atom. The first-order valence-corrected chi connectivity index (χ1v) is 8.25. The predicted molar refractivity (Wildman–Crippen MR) is 93.0 cm³/mol. The van der Waals surface area contributed by atoms with Crippen LogP contribution in [-0.2, 0) is 0 Å². The number of likely N-dealkylation sites (N-methyl/N-ethyl adjacent to an activating group) is 1. The Balaban J connectivity index is 1.92. The molecule has 1 N–H and O–H groups in total. The van der Waals surface area contributed by atoms with Crippen LogP contribution in [0.1, 0.15) is 21.0 Å². The highest BCUT2D eigenvalue weighted by molar-refractivity contribution is 6.34. The van der Waals surface area contributed by atoms with Crippen molar-refractivity contribution in [1.29, 1.82) is 0 Å². The number of nitrogens with zero attached hydrogens (tertiary/aromatic N) is 3. The molecular weight excluding hydrogens is 386 g/mol. The second kappa shape index (κ2) is 7.14. The van der Waals surface area contributed by atoms with Gasteiger partial charge in [-0.3, -0.25) is 9.59 Å². The number of nitrogens with one attached hydrogen (secondary N) is 1. The third-order valence-electron chi connectivity index (χ3n) is 3.58. The Bertz CT molecular complexity index is 940. The average Bonchev–Trinajstić information content (AvgIpc) is 3.01. The summed E-state index contributed by atoms with van der Waals surface area (Å²) in [6.07, 6.45) is 1.16. The van der Waals surface area contributed by atoms with Crippen molar-refractivity contribution in [3.8, 4) is 11.5 Å². The van der Waals surface area contributed by atoms with E-state index in [1.807, 2.05) is 19.0 Å². The number of halogens is 3. The zero-order chi connectivity index (χ0) is 19.0. The number of aromatic nitrogens is 2. The van der Waals surface area contributed by atoms with Gasteiger partial charge in [-0.15, -0.1) is 0 Å². The fourth-order valence-corrected chi connectivity index (χ4v) is 2.69. The molecule has 10 heteroatoms. The largest absolute Gasteiger partial charge is 0.432 e. The third kappa shape index (κ3) is 3.48. The number of hydrogen-bond acceptors (Lipinski definition) is 7. The van der Waals surface area contributed by atoms with Crippen LogP contribution in [0, 0.1) is 5.82 Å². The van der Waals surface area contributed by atoms with E-state index in [0.717, 1.165) is 12.1 Å². The Morgan fingerprint density at radius 1 is 1.23 bits per heavy atom. The molecule has 2 aromatic heterocycles. The highest BCUT2D eigenvalue weighted by atomic mass is 35.5. The molecule has 0 amide bonds. The molecule has 0 spiro atoms. The van der Waals surface area contributed by atoms with E-state index >= 15 is 0 Å². The van der Waals surface area contributed by atoms with Crippen LogP contribution in [0.3, 0.4) is 0 Å². The van der Waals surface area contributed by atoms with E-state index in [-0.39, 0.29) is 33.8 Å². The van der Waals surface area contributed by atoms with Crippen molar-refractivity contribution in [2.75, 3.05) is 27.2 Å². The van der Waals surface area contributed by atoms with E-state index in [1.54, 1.807) is 0 Å². The molecule has 3 rings (SSSR count). The van der Waals surface area contributed by atoms with E-state index in [9.17, 15) is 14.0 Å². The van der Waals surface area contributed by atoms with Gasteiger partial charge in [0.15, 0.2) is 16.7 Å². The van der Waals surface area contributed by atoms with Gasteiger partial charge in [0.25, 0.3) is 0 Å². The summed E-state index contributed by atoms with van der Waals surface area (Å²) >= 11 is 11.5. The first kappa shape index (κ1) is 18.5. The van der Waals surface area contributed by atoms with Crippen molar-refractivity contribution in [3.63, 3.8) is 0 Å². The molecular formula is C16H13Cl2FN4O3. The standard InChI is InChI=1S/C16H13Cl2FN4O3/c1-23(2)4-3-20-9-6-10(24)11-13(12(9)25)26-16(21-11)7-5-8(19)15(18)22-14(7)17/h5-6,20H,3-4H2,1-2H3. The lowest BCUT2D eigenvalue weighted by Crippen LogP contribution is -2.31.